The molecule has 4 aromatic rings. The van der Waals surface area contributed by atoms with E-state index in [0.29, 0.717) is 36.0 Å². The summed E-state index contributed by atoms with van der Waals surface area (Å²) in [5.41, 5.74) is 2.78. The molecule has 34 heavy (non-hydrogen) atoms. The summed E-state index contributed by atoms with van der Waals surface area (Å²) in [6.45, 7) is 4.47. The minimum Gasteiger partial charge on any atom is -0.395 e. The van der Waals surface area contributed by atoms with E-state index in [9.17, 15) is 5.11 Å². The largest absolute Gasteiger partial charge is 0.395 e. The summed E-state index contributed by atoms with van der Waals surface area (Å²) < 4.78 is 1.80. The molecule has 0 aliphatic heterocycles. The third-order valence-corrected chi connectivity index (χ3v) is 8.07. The van der Waals surface area contributed by atoms with Crippen LogP contribution in [0.4, 0.5) is 5.82 Å². The van der Waals surface area contributed by atoms with Crippen LogP contribution in [0.3, 0.4) is 0 Å². The molecular weight excluding hydrogens is 604 g/mol. The number of hydrogen-bond acceptors (Lipinski definition) is 7. The van der Waals surface area contributed by atoms with E-state index in [0.717, 1.165) is 26.4 Å². The Balaban J connectivity index is 0.00000158. The Morgan fingerprint density at radius 3 is 2.62 bits per heavy atom. The number of nitrogens with zero attached hydrogens (tertiary/aromatic N) is 4. The van der Waals surface area contributed by atoms with Gasteiger partial charge in [0.1, 0.15) is 12.1 Å². The minimum atomic E-state index is -0.679. The van der Waals surface area contributed by atoms with Crippen molar-refractivity contribution in [3.8, 4) is 21.1 Å². The number of anilines is 1. The first kappa shape index (κ1) is 27.0. The number of benzene rings is 1. The minimum absolute atomic E-state index is 0.0353. The number of aromatic nitrogens is 4. The van der Waals surface area contributed by atoms with Crippen molar-refractivity contribution < 1.29 is 10.2 Å². The molecule has 180 valence electrons. The van der Waals surface area contributed by atoms with Gasteiger partial charge in [0.15, 0.2) is 5.82 Å². The number of pyridine rings is 1. The highest BCUT2D eigenvalue weighted by Crippen LogP contribution is 2.39. The predicted octanol–water partition coefficient (Wildman–Crippen LogP) is 6.22. The molecule has 0 amide bonds. The van der Waals surface area contributed by atoms with Gasteiger partial charge < -0.3 is 15.5 Å². The van der Waals surface area contributed by atoms with Gasteiger partial charge in [0.2, 0.25) is 0 Å². The molecule has 0 saturated carbocycles. The molecule has 3 N–H and O–H groups in total. The smallest absolute Gasteiger partial charge is 0.191 e. The highest BCUT2D eigenvalue weighted by atomic mass is 127. The summed E-state index contributed by atoms with van der Waals surface area (Å²) in [5.74, 6) is 1.35. The van der Waals surface area contributed by atoms with Crippen LogP contribution in [0.2, 0.25) is 5.02 Å². The Morgan fingerprint density at radius 2 is 1.94 bits per heavy atom. The summed E-state index contributed by atoms with van der Waals surface area (Å²) >= 11 is 9.84. The molecular formula is C23H26ClIN5O2PS. The monoisotopic (exact) mass is 629 g/mol. The number of aliphatic hydroxyl groups excluding tert-OH is 2. The molecule has 0 aliphatic rings. The van der Waals surface area contributed by atoms with Gasteiger partial charge >= 0.3 is 0 Å². The first-order valence-electron chi connectivity index (χ1n) is 10.7. The molecule has 2 atom stereocenters. The zero-order valence-electron chi connectivity index (χ0n) is 18.7. The van der Waals surface area contributed by atoms with Crippen molar-refractivity contribution in [2.24, 2.45) is 0 Å². The van der Waals surface area contributed by atoms with E-state index in [2.05, 4.69) is 48.5 Å². The first-order valence-corrected chi connectivity index (χ1v) is 16.0. The average Bonchev–Trinajstić information content (AvgIpc) is 3.51. The van der Waals surface area contributed by atoms with Crippen molar-refractivity contribution in [3.63, 3.8) is 0 Å². The summed E-state index contributed by atoms with van der Waals surface area (Å²) in [6.07, 6.45) is 3.67. The summed E-state index contributed by atoms with van der Waals surface area (Å²) in [7, 11) is 0. The lowest BCUT2D eigenvalue weighted by molar-refractivity contribution is 0.178. The first-order chi connectivity index (χ1) is 16.6. The molecule has 0 spiro atoms. The van der Waals surface area contributed by atoms with Gasteiger partial charge in [-0.1, -0.05) is 37.6 Å². The number of aliphatic hydroxyl groups is 2. The quantitative estimate of drug-likeness (QED) is 0.150. The molecule has 0 radical (unpaired) electrons. The number of nitrogens with one attached hydrogen (secondary N) is 1. The van der Waals surface area contributed by atoms with Crippen molar-refractivity contribution in [1.82, 2.24) is 19.5 Å². The zero-order valence-corrected chi connectivity index (χ0v) is 23.5. The second kappa shape index (κ2) is 13.5. The van der Waals surface area contributed by atoms with Crippen LogP contribution in [0.25, 0.3) is 21.1 Å². The van der Waals surface area contributed by atoms with E-state index in [1.165, 1.54) is 0 Å². The molecule has 4 rings (SSSR count). The normalized spacial score (nSPS) is 11.9. The van der Waals surface area contributed by atoms with Gasteiger partial charge in [-0.3, -0.25) is 0 Å². The molecule has 11 heteroatoms. The lowest BCUT2D eigenvalue weighted by atomic mass is 10.0. The SMILES string of the molecule is CC.OCCNc1cc(-c2cc(CC(O)c3ccc(Cl)cc3)c(-c3ncn(PI)n3)s2)ccn1. The number of halogens is 2. The van der Waals surface area contributed by atoms with Crippen LogP contribution in [-0.2, 0) is 6.42 Å². The molecule has 0 bridgehead atoms. The fourth-order valence-corrected chi connectivity index (χ4v) is 5.38. The van der Waals surface area contributed by atoms with Gasteiger partial charge in [0, 0.05) is 29.1 Å². The fourth-order valence-electron chi connectivity index (χ4n) is 3.20. The van der Waals surface area contributed by atoms with E-state index in [4.69, 9.17) is 16.7 Å². The topological polar surface area (TPSA) is 96.1 Å². The Morgan fingerprint density at radius 1 is 1.18 bits per heavy atom. The van der Waals surface area contributed by atoms with Crippen LogP contribution in [0, 0.1) is 0 Å². The van der Waals surface area contributed by atoms with E-state index in [-0.39, 0.29) is 6.61 Å². The van der Waals surface area contributed by atoms with Crippen LogP contribution in [0.1, 0.15) is 31.1 Å². The van der Waals surface area contributed by atoms with E-state index in [1.807, 2.05) is 38.1 Å². The Hall–Kier alpha value is -1.62. The summed E-state index contributed by atoms with van der Waals surface area (Å²) in [4.78, 5) is 10.8. The van der Waals surface area contributed by atoms with Gasteiger partial charge in [-0.15, -0.1) is 16.4 Å². The number of rotatable bonds is 9. The molecule has 0 fully saturated rings. The molecule has 2 unspecified atom stereocenters. The Bertz CT molecular complexity index is 1190. The second-order valence-electron chi connectivity index (χ2n) is 6.91. The molecule has 0 aliphatic carbocycles. The van der Waals surface area contributed by atoms with E-state index < -0.39 is 6.10 Å². The van der Waals surface area contributed by atoms with Crippen LogP contribution in [0.5, 0.6) is 0 Å². The number of hydrogen-bond donors (Lipinski definition) is 3. The van der Waals surface area contributed by atoms with Gasteiger partial charge in [-0.05, 0) is 69.1 Å². The maximum Gasteiger partial charge on any atom is 0.191 e. The zero-order chi connectivity index (χ0) is 24.5. The molecule has 0 saturated heterocycles. The number of thiophene rings is 1. The highest BCUT2D eigenvalue weighted by molar-refractivity contribution is 14.2. The van der Waals surface area contributed by atoms with Gasteiger partial charge in [-0.2, -0.15) is 0 Å². The molecule has 3 aromatic heterocycles. The van der Waals surface area contributed by atoms with Gasteiger partial charge in [0.25, 0.3) is 0 Å². The molecule has 3 heterocycles. The van der Waals surface area contributed by atoms with Crippen LogP contribution in [0.15, 0.2) is 55.0 Å². The average molecular weight is 630 g/mol. The standard InChI is InChI=1S/C21H20ClIN5O2PS.C2H6/c22-16-3-1-13(2-4-16)17(30)9-15-10-18(14-5-6-24-19(11-14)25-7-8-29)32-20(15)21-26-12-28(27-21)31-23;1-2/h1-6,10-12,17,29-31H,7-9H2,(H,24,25);1-2H3. The van der Waals surface area contributed by atoms with Crippen molar-refractivity contribution in [3.05, 3.63) is 71.1 Å². The van der Waals surface area contributed by atoms with Gasteiger partial charge in [0.05, 0.1) is 24.0 Å². The second-order valence-corrected chi connectivity index (χ2v) is 10.5. The fraction of sp³-hybridized carbons (Fsp3) is 0.261. The van der Waals surface area contributed by atoms with Crippen LogP contribution in [-0.4, -0.2) is 42.9 Å². The van der Waals surface area contributed by atoms with E-state index in [1.54, 1.807) is 40.4 Å². The maximum atomic E-state index is 10.9. The molecule has 1 aromatic carbocycles. The third kappa shape index (κ3) is 6.96. The Labute approximate surface area is 223 Å². The van der Waals surface area contributed by atoms with Crippen molar-refractivity contribution in [1.29, 1.82) is 0 Å². The lowest BCUT2D eigenvalue weighted by Crippen LogP contribution is -2.06. The van der Waals surface area contributed by atoms with Crippen LogP contribution < -0.4 is 5.32 Å². The lowest BCUT2D eigenvalue weighted by Gasteiger charge is -2.11. The summed E-state index contributed by atoms with van der Waals surface area (Å²) in [6, 6.07) is 13.2. The Kier molecular flexibility index (Phi) is 10.7. The van der Waals surface area contributed by atoms with Crippen LogP contribution >= 0.6 is 51.4 Å². The predicted molar refractivity (Wildman–Crippen MR) is 151 cm³/mol. The summed E-state index contributed by atoms with van der Waals surface area (Å²) in [5, 5.41) is 28.3. The third-order valence-electron chi connectivity index (χ3n) is 4.72. The van der Waals surface area contributed by atoms with Crippen molar-refractivity contribution in [2.45, 2.75) is 26.4 Å². The molecule has 7 nitrogen and oxygen atoms in total. The van der Waals surface area contributed by atoms with Crippen molar-refractivity contribution >= 4 is 57.2 Å². The highest BCUT2D eigenvalue weighted by Gasteiger charge is 2.19. The maximum absolute atomic E-state index is 10.9. The van der Waals surface area contributed by atoms with Crippen molar-refractivity contribution in [2.75, 3.05) is 18.5 Å². The van der Waals surface area contributed by atoms with Gasteiger partial charge in [-0.25, -0.2) is 14.4 Å². The van der Waals surface area contributed by atoms with E-state index >= 15 is 0 Å².